The van der Waals surface area contributed by atoms with Crippen molar-refractivity contribution in [3.05, 3.63) is 39.4 Å². The highest BCUT2D eigenvalue weighted by Gasteiger charge is 2.50. The van der Waals surface area contributed by atoms with Gasteiger partial charge >= 0.3 is 0 Å². The van der Waals surface area contributed by atoms with Crippen molar-refractivity contribution in [2.24, 2.45) is 5.41 Å². The van der Waals surface area contributed by atoms with Crippen LogP contribution in [0.1, 0.15) is 57.1 Å². The molecule has 0 aliphatic heterocycles. The molecule has 0 heterocycles. The highest BCUT2D eigenvalue weighted by molar-refractivity contribution is 5.43. The fourth-order valence-electron chi connectivity index (χ4n) is 3.58. The fraction of sp³-hybridized carbons (Fsp3) is 0.647. The van der Waals surface area contributed by atoms with E-state index in [1.165, 1.54) is 5.56 Å². The van der Waals surface area contributed by atoms with Crippen molar-refractivity contribution in [1.29, 1.82) is 0 Å². The van der Waals surface area contributed by atoms with Crippen LogP contribution in [0.2, 0.25) is 0 Å². The lowest BCUT2D eigenvalue weighted by Crippen LogP contribution is -2.57. The summed E-state index contributed by atoms with van der Waals surface area (Å²) in [6.45, 7) is 9.81. The van der Waals surface area contributed by atoms with E-state index in [9.17, 15) is 10.1 Å². The predicted octanol–water partition coefficient (Wildman–Crippen LogP) is 4.18. The minimum atomic E-state index is -0.294. The molecule has 2 rings (SSSR count). The Labute approximate surface area is 127 Å². The largest absolute Gasteiger partial charge is 0.313 e. The van der Waals surface area contributed by atoms with Crippen LogP contribution in [0, 0.1) is 22.5 Å². The van der Waals surface area contributed by atoms with Crippen molar-refractivity contribution >= 4 is 5.69 Å². The van der Waals surface area contributed by atoms with Crippen molar-refractivity contribution in [3.8, 4) is 0 Å². The van der Waals surface area contributed by atoms with Crippen LogP contribution in [0.4, 0.5) is 5.69 Å². The second-order valence-electron chi connectivity index (χ2n) is 6.45. The van der Waals surface area contributed by atoms with Gasteiger partial charge in [-0.2, -0.15) is 0 Å². The fourth-order valence-corrected chi connectivity index (χ4v) is 3.58. The lowest BCUT2D eigenvalue weighted by molar-refractivity contribution is -0.385. The average molecular weight is 290 g/mol. The molecule has 1 saturated carbocycles. The Bertz CT molecular complexity index is 530. The first kappa shape index (κ1) is 16.0. The molecule has 0 spiro atoms. The molecule has 1 N–H and O–H groups in total. The Hall–Kier alpha value is -1.42. The first-order chi connectivity index (χ1) is 9.93. The molecule has 3 atom stereocenters. The van der Waals surface area contributed by atoms with Gasteiger partial charge in [0.2, 0.25) is 0 Å². The third kappa shape index (κ3) is 2.82. The van der Waals surface area contributed by atoms with E-state index in [1.54, 1.807) is 12.1 Å². The molecule has 0 bridgehead atoms. The van der Waals surface area contributed by atoms with Gasteiger partial charge in [-0.05, 0) is 55.2 Å². The molecule has 3 unspecified atom stereocenters. The zero-order valence-corrected chi connectivity index (χ0v) is 13.5. The summed E-state index contributed by atoms with van der Waals surface area (Å²) < 4.78 is 0. The number of hydrogen-bond donors (Lipinski definition) is 1. The Balaban J connectivity index is 2.26. The van der Waals surface area contributed by atoms with E-state index in [2.05, 4.69) is 33.0 Å². The van der Waals surface area contributed by atoms with E-state index in [0.29, 0.717) is 12.0 Å². The second-order valence-corrected chi connectivity index (χ2v) is 6.45. The Kier molecular flexibility index (Phi) is 4.67. The molecule has 1 fully saturated rings. The SMILES string of the molecule is CCCNC1CC(c2cc([N+](=O)[O-])ccc2C)C1(C)CC. The molecule has 4 nitrogen and oxygen atoms in total. The van der Waals surface area contributed by atoms with Crippen LogP contribution >= 0.6 is 0 Å². The Morgan fingerprint density at radius 1 is 1.43 bits per heavy atom. The third-order valence-corrected chi connectivity index (χ3v) is 5.32. The van der Waals surface area contributed by atoms with Crippen molar-refractivity contribution in [2.75, 3.05) is 6.54 Å². The van der Waals surface area contributed by atoms with Crippen LogP contribution in [-0.2, 0) is 0 Å². The summed E-state index contributed by atoms with van der Waals surface area (Å²) in [6, 6.07) is 5.79. The van der Waals surface area contributed by atoms with Crippen molar-refractivity contribution in [2.45, 2.75) is 58.9 Å². The minimum Gasteiger partial charge on any atom is -0.313 e. The number of hydrogen-bond acceptors (Lipinski definition) is 3. The monoisotopic (exact) mass is 290 g/mol. The normalized spacial score (nSPS) is 28.2. The molecule has 1 aromatic carbocycles. The van der Waals surface area contributed by atoms with E-state index in [4.69, 9.17) is 0 Å². The minimum absolute atomic E-state index is 0.190. The predicted molar refractivity (Wildman–Crippen MR) is 85.7 cm³/mol. The molecule has 0 amide bonds. The topological polar surface area (TPSA) is 55.2 Å². The summed E-state index contributed by atoms with van der Waals surface area (Å²) in [7, 11) is 0. The highest BCUT2D eigenvalue weighted by Crippen LogP contribution is 2.55. The summed E-state index contributed by atoms with van der Waals surface area (Å²) in [4.78, 5) is 10.7. The molecule has 4 heteroatoms. The van der Waals surface area contributed by atoms with Gasteiger partial charge in [-0.1, -0.05) is 26.8 Å². The van der Waals surface area contributed by atoms with Gasteiger partial charge < -0.3 is 5.32 Å². The maximum absolute atomic E-state index is 11.0. The van der Waals surface area contributed by atoms with Gasteiger partial charge in [0.25, 0.3) is 5.69 Å². The standard InChI is InChI=1S/C17H26N2O2/c1-5-9-18-16-11-15(17(16,4)6-2)14-10-13(19(20)21)8-7-12(14)3/h7-8,10,15-16,18H,5-6,9,11H2,1-4H3. The quantitative estimate of drug-likeness (QED) is 0.631. The van der Waals surface area contributed by atoms with Crippen molar-refractivity contribution in [1.82, 2.24) is 5.32 Å². The van der Waals surface area contributed by atoms with Crippen LogP contribution in [-0.4, -0.2) is 17.5 Å². The van der Waals surface area contributed by atoms with Crippen LogP contribution in [0.15, 0.2) is 18.2 Å². The summed E-state index contributed by atoms with van der Waals surface area (Å²) in [5, 5.41) is 14.7. The maximum Gasteiger partial charge on any atom is 0.269 e. The van der Waals surface area contributed by atoms with Crippen LogP contribution < -0.4 is 5.32 Å². The molecule has 1 aliphatic carbocycles. The number of benzene rings is 1. The molecule has 116 valence electrons. The highest BCUT2D eigenvalue weighted by atomic mass is 16.6. The van der Waals surface area contributed by atoms with Crippen LogP contribution in [0.25, 0.3) is 0 Å². The summed E-state index contributed by atoms with van der Waals surface area (Å²) in [6.07, 6.45) is 3.30. The van der Waals surface area contributed by atoms with Gasteiger partial charge in [0.1, 0.15) is 0 Å². The lowest BCUT2D eigenvalue weighted by Gasteiger charge is -2.55. The van der Waals surface area contributed by atoms with Crippen molar-refractivity contribution < 1.29 is 4.92 Å². The van der Waals surface area contributed by atoms with E-state index < -0.39 is 0 Å². The third-order valence-electron chi connectivity index (χ3n) is 5.32. The van der Waals surface area contributed by atoms with Crippen LogP contribution in [0.5, 0.6) is 0 Å². The Morgan fingerprint density at radius 3 is 2.71 bits per heavy atom. The molecule has 0 radical (unpaired) electrons. The Morgan fingerprint density at radius 2 is 2.14 bits per heavy atom. The van der Waals surface area contributed by atoms with Gasteiger partial charge in [0, 0.05) is 18.2 Å². The summed E-state index contributed by atoms with van der Waals surface area (Å²) in [5.41, 5.74) is 2.72. The first-order valence-electron chi connectivity index (χ1n) is 7.92. The van der Waals surface area contributed by atoms with Crippen molar-refractivity contribution in [3.63, 3.8) is 0 Å². The van der Waals surface area contributed by atoms with E-state index in [-0.39, 0.29) is 16.0 Å². The molecule has 0 saturated heterocycles. The number of non-ortho nitro benzene ring substituents is 1. The summed E-state index contributed by atoms with van der Waals surface area (Å²) >= 11 is 0. The number of nitro groups is 1. The maximum atomic E-state index is 11.0. The van der Waals surface area contributed by atoms with E-state index in [1.807, 2.05) is 6.07 Å². The first-order valence-corrected chi connectivity index (χ1v) is 7.92. The van der Waals surface area contributed by atoms with E-state index >= 15 is 0 Å². The number of nitrogens with one attached hydrogen (secondary N) is 1. The number of nitro benzene ring substituents is 1. The van der Waals surface area contributed by atoms with E-state index in [0.717, 1.165) is 31.4 Å². The second kappa shape index (κ2) is 6.14. The number of nitrogens with zero attached hydrogens (tertiary/aromatic N) is 1. The number of rotatable bonds is 6. The van der Waals surface area contributed by atoms with Gasteiger partial charge in [-0.3, -0.25) is 10.1 Å². The average Bonchev–Trinajstić information content (AvgIpc) is 2.46. The zero-order valence-electron chi connectivity index (χ0n) is 13.5. The molecule has 0 aromatic heterocycles. The molecule has 1 aromatic rings. The number of aryl methyl sites for hydroxylation is 1. The van der Waals surface area contributed by atoms with Gasteiger partial charge in [0.15, 0.2) is 0 Å². The molecular formula is C17H26N2O2. The lowest BCUT2D eigenvalue weighted by atomic mass is 9.53. The molecular weight excluding hydrogens is 264 g/mol. The van der Waals surface area contributed by atoms with Gasteiger partial charge in [0.05, 0.1) is 4.92 Å². The van der Waals surface area contributed by atoms with Crippen LogP contribution in [0.3, 0.4) is 0 Å². The summed E-state index contributed by atoms with van der Waals surface area (Å²) in [5.74, 6) is 0.414. The smallest absolute Gasteiger partial charge is 0.269 e. The van der Waals surface area contributed by atoms with Gasteiger partial charge in [-0.15, -0.1) is 0 Å². The molecule has 1 aliphatic rings. The van der Waals surface area contributed by atoms with Gasteiger partial charge in [-0.25, -0.2) is 0 Å². The zero-order chi connectivity index (χ0) is 15.6. The molecule has 21 heavy (non-hydrogen) atoms.